The van der Waals surface area contributed by atoms with E-state index < -0.39 is 0 Å². The first-order valence-electron chi connectivity index (χ1n) is 11.1. The molecule has 1 aliphatic heterocycles. The van der Waals surface area contributed by atoms with Gasteiger partial charge in [0.2, 0.25) is 0 Å². The molecule has 1 aromatic carbocycles. The summed E-state index contributed by atoms with van der Waals surface area (Å²) < 4.78 is 22.8. The normalized spacial score (nSPS) is 16.0. The summed E-state index contributed by atoms with van der Waals surface area (Å²) in [4.78, 5) is 13.6. The van der Waals surface area contributed by atoms with Crippen molar-refractivity contribution < 1.29 is 9.13 Å². The van der Waals surface area contributed by atoms with E-state index in [4.69, 9.17) is 4.74 Å². The molecular weight excluding hydrogens is 421 g/mol. The Labute approximate surface area is 192 Å². The Bertz CT molecular complexity index is 1210. The van der Waals surface area contributed by atoms with Crippen molar-refractivity contribution in [3.8, 4) is 11.8 Å². The third-order valence-corrected chi connectivity index (χ3v) is 6.19. The quantitative estimate of drug-likeness (QED) is 0.633. The number of rotatable bonds is 5. The third-order valence-electron chi connectivity index (χ3n) is 6.19. The van der Waals surface area contributed by atoms with Crippen LogP contribution in [0.2, 0.25) is 0 Å². The molecule has 0 saturated carbocycles. The van der Waals surface area contributed by atoms with Crippen LogP contribution >= 0.6 is 0 Å². The fourth-order valence-corrected chi connectivity index (χ4v) is 4.17. The van der Waals surface area contributed by atoms with Crippen LogP contribution in [0.25, 0.3) is 6.08 Å². The molecule has 0 spiro atoms. The number of likely N-dealkylation sites (N-methyl/N-ethyl adjacent to an activating group) is 1. The van der Waals surface area contributed by atoms with E-state index in [2.05, 4.69) is 37.2 Å². The number of nitrogens with one attached hydrogen (secondary N) is 1. The molecule has 5 rings (SSSR count). The number of fused-ring (bicyclic) bond motifs is 1. The van der Waals surface area contributed by atoms with Gasteiger partial charge in [0, 0.05) is 56.6 Å². The Hall–Kier alpha value is -3.46. The molecule has 9 heteroatoms. The largest absolute Gasteiger partial charge is 0.421 e. The van der Waals surface area contributed by atoms with Gasteiger partial charge >= 0.3 is 6.01 Å². The van der Waals surface area contributed by atoms with Crippen LogP contribution in [0.5, 0.6) is 11.8 Å². The molecule has 33 heavy (non-hydrogen) atoms. The smallest absolute Gasteiger partial charge is 0.326 e. The lowest BCUT2D eigenvalue weighted by Crippen LogP contribution is -2.44. The molecule has 3 aromatic rings. The lowest BCUT2D eigenvalue weighted by atomic mass is 10.1. The van der Waals surface area contributed by atoms with E-state index in [1.807, 2.05) is 45.2 Å². The van der Waals surface area contributed by atoms with E-state index >= 15 is 4.39 Å². The summed E-state index contributed by atoms with van der Waals surface area (Å²) in [5, 5.41) is 7.69. The van der Waals surface area contributed by atoms with E-state index in [-0.39, 0.29) is 17.6 Å². The maximum absolute atomic E-state index is 15.2. The van der Waals surface area contributed by atoms with Crippen LogP contribution in [0.4, 0.5) is 21.8 Å². The number of hydrogen-bond donors (Lipinski definition) is 1. The van der Waals surface area contributed by atoms with Gasteiger partial charge in [-0.25, -0.2) is 4.39 Å². The van der Waals surface area contributed by atoms with Crippen molar-refractivity contribution in [3.63, 3.8) is 0 Å². The van der Waals surface area contributed by atoms with Crippen molar-refractivity contribution in [2.45, 2.75) is 20.3 Å². The Kier molecular flexibility index (Phi) is 5.49. The van der Waals surface area contributed by atoms with Crippen LogP contribution in [0.3, 0.4) is 0 Å². The molecule has 8 nitrogen and oxygen atoms in total. The number of halogens is 1. The second kappa shape index (κ2) is 8.47. The molecule has 1 saturated heterocycles. The van der Waals surface area contributed by atoms with Crippen molar-refractivity contribution in [1.82, 2.24) is 24.6 Å². The number of hydrogen-bond acceptors (Lipinski definition) is 7. The first-order chi connectivity index (χ1) is 15.9. The van der Waals surface area contributed by atoms with E-state index in [9.17, 15) is 0 Å². The van der Waals surface area contributed by atoms with Crippen LogP contribution in [-0.2, 0) is 13.5 Å². The predicted octanol–water partition coefficient (Wildman–Crippen LogP) is 3.90. The monoisotopic (exact) mass is 449 g/mol. The Balaban J connectivity index is 1.48. The zero-order valence-electron chi connectivity index (χ0n) is 19.4. The number of piperazine rings is 1. The van der Waals surface area contributed by atoms with E-state index in [0.717, 1.165) is 55.2 Å². The fourth-order valence-electron chi connectivity index (χ4n) is 4.17. The average molecular weight is 450 g/mol. The highest BCUT2D eigenvalue weighted by Crippen LogP contribution is 2.34. The van der Waals surface area contributed by atoms with Crippen LogP contribution in [0, 0.1) is 12.7 Å². The van der Waals surface area contributed by atoms with Crippen molar-refractivity contribution in [2.75, 3.05) is 43.4 Å². The molecule has 0 unspecified atom stereocenters. The van der Waals surface area contributed by atoms with E-state index in [1.54, 1.807) is 10.7 Å². The number of nitrogens with zero attached hydrogens (tertiary/aromatic N) is 6. The molecule has 0 atom stereocenters. The summed E-state index contributed by atoms with van der Waals surface area (Å²) >= 11 is 0. The molecule has 1 fully saturated rings. The second-order valence-corrected chi connectivity index (χ2v) is 8.82. The number of aromatic nitrogens is 4. The highest BCUT2D eigenvalue weighted by Gasteiger charge is 2.21. The van der Waals surface area contributed by atoms with Gasteiger partial charge < -0.3 is 19.9 Å². The molecule has 2 aromatic heterocycles. The van der Waals surface area contributed by atoms with E-state index in [1.165, 1.54) is 0 Å². The minimum Gasteiger partial charge on any atom is -0.421 e. The van der Waals surface area contributed by atoms with Crippen molar-refractivity contribution >= 4 is 23.5 Å². The Morgan fingerprint density at radius 3 is 2.52 bits per heavy atom. The van der Waals surface area contributed by atoms with Gasteiger partial charge in [-0.3, -0.25) is 4.68 Å². The minimum atomic E-state index is -0.382. The van der Waals surface area contributed by atoms with Crippen molar-refractivity contribution in [1.29, 1.82) is 0 Å². The molecule has 172 valence electrons. The molecule has 1 aliphatic carbocycles. The number of anilines is 3. The first-order valence-corrected chi connectivity index (χ1v) is 11.1. The molecule has 2 aliphatic rings. The highest BCUT2D eigenvalue weighted by molar-refractivity contribution is 5.66. The van der Waals surface area contributed by atoms with Crippen LogP contribution < -0.4 is 15.0 Å². The molecular formula is C24H28FN7O. The maximum atomic E-state index is 15.2. The summed E-state index contributed by atoms with van der Waals surface area (Å²) in [6, 6.07) is 7.47. The zero-order valence-corrected chi connectivity index (χ0v) is 19.4. The van der Waals surface area contributed by atoms with Crippen molar-refractivity contribution in [2.24, 2.45) is 7.05 Å². The summed E-state index contributed by atoms with van der Waals surface area (Å²) in [6.07, 6.45) is 2.63. The summed E-state index contributed by atoms with van der Waals surface area (Å²) in [5.41, 5.74) is 3.71. The third kappa shape index (κ3) is 4.41. The average Bonchev–Trinajstić information content (AvgIpc) is 3.31. The number of allylic oxidation sites excluding steroid dienone is 1. The minimum absolute atomic E-state index is 0.0964. The van der Waals surface area contributed by atoms with Crippen LogP contribution in [-0.4, -0.2) is 57.9 Å². The molecule has 0 radical (unpaired) electrons. The second-order valence-electron chi connectivity index (χ2n) is 8.82. The number of ether oxygens (including phenoxy) is 1. The number of aryl methyl sites for hydroxylation is 2. The van der Waals surface area contributed by atoms with Gasteiger partial charge in [0.25, 0.3) is 0 Å². The maximum Gasteiger partial charge on any atom is 0.326 e. The lowest BCUT2D eigenvalue weighted by molar-refractivity contribution is 0.311. The standard InChI is InChI=1S/C24H28FN7O/c1-15-11-17-5-6-19(23(25)18(17)12-15)33-24-27-20(26-21-13-16(2)31(4)29-21)14-22(28-24)32-9-7-30(3)8-10-32/h5-6,12-14H,7-11H2,1-4H3,(H,26,27,28,29). The van der Waals surface area contributed by atoms with Gasteiger partial charge in [0.05, 0.1) is 0 Å². The molecule has 0 bridgehead atoms. The summed E-state index contributed by atoms with van der Waals surface area (Å²) in [6.45, 7) is 7.54. The zero-order chi connectivity index (χ0) is 23.1. The van der Waals surface area contributed by atoms with Gasteiger partial charge in [-0.2, -0.15) is 15.1 Å². The highest BCUT2D eigenvalue weighted by atomic mass is 19.1. The van der Waals surface area contributed by atoms with Crippen molar-refractivity contribution in [3.05, 3.63) is 52.5 Å². The topological polar surface area (TPSA) is 71.3 Å². The van der Waals surface area contributed by atoms with Gasteiger partial charge in [-0.1, -0.05) is 17.7 Å². The first kappa shape index (κ1) is 21.4. The van der Waals surface area contributed by atoms with E-state index in [0.29, 0.717) is 17.2 Å². The van der Waals surface area contributed by atoms with Gasteiger partial charge in [0.1, 0.15) is 11.6 Å². The van der Waals surface area contributed by atoms with Gasteiger partial charge in [-0.15, -0.1) is 0 Å². The predicted molar refractivity (Wildman–Crippen MR) is 127 cm³/mol. The van der Waals surface area contributed by atoms with Gasteiger partial charge in [0.15, 0.2) is 17.4 Å². The van der Waals surface area contributed by atoms with Gasteiger partial charge in [-0.05, 0) is 38.9 Å². The Morgan fingerprint density at radius 2 is 1.79 bits per heavy atom. The molecule has 3 heterocycles. The van der Waals surface area contributed by atoms with Crippen LogP contribution in [0.1, 0.15) is 23.7 Å². The SMILES string of the molecule is CC1=Cc2c(ccc(Oc3nc(Nc4cc(C)n(C)n4)cc(N4CCN(C)CC4)n3)c2F)C1. The Morgan fingerprint density at radius 1 is 1.00 bits per heavy atom. The lowest BCUT2D eigenvalue weighted by Gasteiger charge is -2.33. The molecule has 0 amide bonds. The fraction of sp³-hybridized carbons (Fsp3) is 0.375. The molecule has 1 N–H and O–H groups in total. The summed E-state index contributed by atoms with van der Waals surface area (Å²) in [7, 11) is 3.99. The number of benzene rings is 1. The van der Waals surface area contributed by atoms with Crippen LogP contribution in [0.15, 0.2) is 29.8 Å². The summed E-state index contributed by atoms with van der Waals surface area (Å²) in [5.74, 6) is 1.70.